The van der Waals surface area contributed by atoms with Gasteiger partial charge in [-0.2, -0.15) is 0 Å². The second-order valence-corrected chi connectivity index (χ2v) is 5.24. The molecule has 1 aliphatic rings. The number of ether oxygens (including phenoxy) is 1. The topological polar surface area (TPSA) is 43.4 Å². The molecular weight excluding hydrogens is 216 g/mol. The third-order valence-corrected chi connectivity index (χ3v) is 3.48. The van der Waals surface area contributed by atoms with Crippen molar-refractivity contribution in [3.63, 3.8) is 0 Å². The minimum Gasteiger partial charge on any atom is -0.460 e. The zero-order valence-corrected chi connectivity index (χ0v) is 11.0. The summed E-state index contributed by atoms with van der Waals surface area (Å²) in [6.07, 6.45) is 7.66. The molecule has 0 N–H and O–H groups in total. The molecule has 1 rings (SSSR count). The van der Waals surface area contributed by atoms with Gasteiger partial charge >= 0.3 is 5.97 Å². The van der Waals surface area contributed by atoms with Gasteiger partial charge in [-0.05, 0) is 39.5 Å². The van der Waals surface area contributed by atoms with E-state index in [1.54, 1.807) is 0 Å². The molecule has 3 heteroatoms. The van der Waals surface area contributed by atoms with E-state index in [2.05, 4.69) is 6.08 Å². The van der Waals surface area contributed by atoms with Gasteiger partial charge in [0, 0.05) is 19.3 Å². The van der Waals surface area contributed by atoms with E-state index in [0.29, 0.717) is 12.3 Å². The first-order chi connectivity index (χ1) is 7.95. The Hall–Kier alpha value is -1.12. The molecule has 0 amide bonds. The van der Waals surface area contributed by atoms with Crippen molar-refractivity contribution < 1.29 is 14.3 Å². The Morgan fingerprint density at radius 3 is 2.76 bits per heavy atom. The number of aldehydes is 1. The molecule has 0 aromatic carbocycles. The van der Waals surface area contributed by atoms with Crippen molar-refractivity contribution >= 4 is 12.3 Å². The van der Waals surface area contributed by atoms with Gasteiger partial charge in [0.1, 0.15) is 11.9 Å². The third kappa shape index (κ3) is 4.33. The van der Waals surface area contributed by atoms with Crippen LogP contribution in [0.5, 0.6) is 0 Å². The van der Waals surface area contributed by atoms with Crippen molar-refractivity contribution in [3.8, 4) is 0 Å². The van der Waals surface area contributed by atoms with Crippen LogP contribution in [0.4, 0.5) is 0 Å². The Kier molecular flexibility index (Phi) is 4.91. The molecule has 1 unspecified atom stereocenters. The molecule has 0 fully saturated rings. The molecule has 17 heavy (non-hydrogen) atoms. The maximum Gasteiger partial charge on any atom is 0.303 e. The van der Waals surface area contributed by atoms with Gasteiger partial charge in [-0.1, -0.05) is 11.6 Å². The number of hydrogen-bond acceptors (Lipinski definition) is 3. The van der Waals surface area contributed by atoms with Crippen molar-refractivity contribution in [1.29, 1.82) is 0 Å². The van der Waals surface area contributed by atoms with Crippen LogP contribution in [0.25, 0.3) is 0 Å². The minimum absolute atomic E-state index is 0.217. The molecule has 0 aromatic heterocycles. The molecule has 0 heterocycles. The van der Waals surface area contributed by atoms with Gasteiger partial charge < -0.3 is 9.53 Å². The summed E-state index contributed by atoms with van der Waals surface area (Å²) in [4.78, 5) is 21.3. The molecule has 1 aliphatic carbocycles. The van der Waals surface area contributed by atoms with E-state index in [1.165, 1.54) is 12.5 Å². The number of rotatable bonds is 5. The molecule has 0 saturated carbocycles. The Morgan fingerprint density at radius 1 is 1.59 bits per heavy atom. The van der Waals surface area contributed by atoms with Crippen molar-refractivity contribution in [1.82, 2.24) is 0 Å². The van der Waals surface area contributed by atoms with E-state index < -0.39 is 5.60 Å². The van der Waals surface area contributed by atoms with Crippen LogP contribution in [0.15, 0.2) is 11.6 Å². The first kappa shape index (κ1) is 13.9. The molecule has 1 atom stereocenters. The van der Waals surface area contributed by atoms with Gasteiger partial charge in [-0.3, -0.25) is 4.79 Å². The Labute approximate surface area is 103 Å². The van der Waals surface area contributed by atoms with E-state index in [9.17, 15) is 9.59 Å². The maximum atomic E-state index is 11.0. The highest BCUT2D eigenvalue weighted by molar-refractivity contribution is 5.66. The Bertz CT molecular complexity index is 315. The fraction of sp³-hybridized carbons (Fsp3) is 0.714. The normalized spacial score (nSPS) is 20.6. The average molecular weight is 238 g/mol. The quantitative estimate of drug-likeness (QED) is 0.420. The van der Waals surface area contributed by atoms with Crippen LogP contribution >= 0.6 is 0 Å². The molecule has 0 radical (unpaired) electrons. The van der Waals surface area contributed by atoms with E-state index in [-0.39, 0.29) is 5.97 Å². The Balaban J connectivity index is 2.52. The summed E-state index contributed by atoms with van der Waals surface area (Å²) in [7, 11) is 0. The van der Waals surface area contributed by atoms with Crippen LogP contribution in [0, 0.1) is 5.92 Å². The summed E-state index contributed by atoms with van der Waals surface area (Å²) in [6, 6.07) is 0. The number of carbonyl (C=O) groups is 2. The van der Waals surface area contributed by atoms with Crippen molar-refractivity contribution in [2.75, 3.05) is 0 Å². The highest BCUT2D eigenvalue weighted by atomic mass is 16.6. The minimum atomic E-state index is -0.390. The van der Waals surface area contributed by atoms with Crippen LogP contribution < -0.4 is 0 Å². The standard InChI is InChI=1S/C14H22O3/c1-11(16)17-14(2,3)13-8-6-12(7-9-13)5-4-10-15/h6,10,13H,4-5,7-9H2,1-3H3. The molecule has 0 saturated heterocycles. The van der Waals surface area contributed by atoms with Crippen LogP contribution in [0.2, 0.25) is 0 Å². The predicted octanol–water partition coefficient (Wildman–Crippen LogP) is 3.03. The highest BCUT2D eigenvalue weighted by Crippen LogP contribution is 2.35. The highest BCUT2D eigenvalue weighted by Gasteiger charge is 2.33. The van der Waals surface area contributed by atoms with Gasteiger partial charge in [0.2, 0.25) is 0 Å². The smallest absolute Gasteiger partial charge is 0.303 e. The first-order valence-electron chi connectivity index (χ1n) is 6.27. The molecule has 0 aliphatic heterocycles. The number of carbonyl (C=O) groups excluding carboxylic acids is 2. The van der Waals surface area contributed by atoms with Gasteiger partial charge in [0.05, 0.1) is 0 Å². The second kappa shape index (κ2) is 5.99. The summed E-state index contributed by atoms with van der Waals surface area (Å²) in [6.45, 7) is 5.41. The van der Waals surface area contributed by atoms with Crippen LogP contribution in [0.3, 0.4) is 0 Å². The number of allylic oxidation sites excluding steroid dienone is 2. The van der Waals surface area contributed by atoms with Gasteiger partial charge in [-0.15, -0.1) is 0 Å². The number of esters is 1. The largest absolute Gasteiger partial charge is 0.460 e. The molecule has 96 valence electrons. The van der Waals surface area contributed by atoms with Gasteiger partial charge in [0.15, 0.2) is 0 Å². The maximum absolute atomic E-state index is 11.0. The van der Waals surface area contributed by atoms with Crippen molar-refractivity contribution in [3.05, 3.63) is 11.6 Å². The third-order valence-electron chi connectivity index (χ3n) is 3.48. The lowest BCUT2D eigenvalue weighted by molar-refractivity contribution is -0.159. The van der Waals surface area contributed by atoms with E-state index in [0.717, 1.165) is 32.0 Å². The lowest BCUT2D eigenvalue weighted by atomic mass is 9.78. The lowest BCUT2D eigenvalue weighted by Crippen LogP contribution is -2.36. The summed E-state index contributed by atoms with van der Waals surface area (Å²) in [5, 5.41) is 0. The lowest BCUT2D eigenvalue weighted by Gasteiger charge is -2.35. The Morgan fingerprint density at radius 2 is 2.29 bits per heavy atom. The predicted molar refractivity (Wildman–Crippen MR) is 66.6 cm³/mol. The second-order valence-electron chi connectivity index (χ2n) is 5.24. The summed E-state index contributed by atoms with van der Waals surface area (Å²) < 4.78 is 5.37. The summed E-state index contributed by atoms with van der Waals surface area (Å²) >= 11 is 0. The zero-order valence-electron chi connectivity index (χ0n) is 11.0. The van der Waals surface area contributed by atoms with E-state index in [4.69, 9.17) is 4.74 Å². The van der Waals surface area contributed by atoms with Crippen molar-refractivity contribution in [2.45, 2.75) is 58.5 Å². The monoisotopic (exact) mass is 238 g/mol. The molecule has 3 nitrogen and oxygen atoms in total. The van der Waals surface area contributed by atoms with E-state index in [1.807, 2.05) is 13.8 Å². The van der Waals surface area contributed by atoms with E-state index >= 15 is 0 Å². The SMILES string of the molecule is CC(=O)OC(C)(C)C1CC=C(CCC=O)CC1. The molecule has 0 spiro atoms. The molecular formula is C14H22O3. The molecule has 0 aromatic rings. The van der Waals surface area contributed by atoms with Crippen LogP contribution in [-0.2, 0) is 14.3 Å². The first-order valence-corrected chi connectivity index (χ1v) is 6.27. The fourth-order valence-corrected chi connectivity index (χ4v) is 2.45. The van der Waals surface area contributed by atoms with Crippen LogP contribution in [0.1, 0.15) is 52.9 Å². The molecule has 0 bridgehead atoms. The summed E-state index contributed by atoms with van der Waals surface area (Å²) in [5.41, 5.74) is 0.977. The summed E-state index contributed by atoms with van der Waals surface area (Å²) in [5.74, 6) is 0.164. The van der Waals surface area contributed by atoms with Gasteiger partial charge in [0.25, 0.3) is 0 Å². The number of hydrogen-bond donors (Lipinski definition) is 0. The van der Waals surface area contributed by atoms with Crippen molar-refractivity contribution in [2.24, 2.45) is 5.92 Å². The van der Waals surface area contributed by atoms with Gasteiger partial charge in [-0.25, -0.2) is 0 Å². The average Bonchev–Trinajstić information content (AvgIpc) is 2.25. The zero-order chi connectivity index (χ0) is 12.9. The van der Waals surface area contributed by atoms with Crippen LogP contribution in [-0.4, -0.2) is 17.9 Å². The fourth-order valence-electron chi connectivity index (χ4n) is 2.45.